The van der Waals surface area contributed by atoms with Crippen molar-refractivity contribution in [2.45, 2.75) is 37.8 Å². The van der Waals surface area contributed by atoms with Gasteiger partial charge in [0.25, 0.3) is 0 Å². The predicted octanol–water partition coefficient (Wildman–Crippen LogP) is 0.265. The van der Waals surface area contributed by atoms with Crippen molar-refractivity contribution >= 4 is 0 Å². The lowest BCUT2D eigenvalue weighted by atomic mass is 9.88. The average Bonchev–Trinajstić information content (AvgIpc) is 2.04. The summed E-state index contributed by atoms with van der Waals surface area (Å²) in [5, 5.41) is 9.89. The van der Waals surface area contributed by atoms with Gasteiger partial charge in [-0.1, -0.05) is 6.92 Å². The molecule has 3 nitrogen and oxygen atoms in total. The van der Waals surface area contributed by atoms with Crippen molar-refractivity contribution in [3.63, 3.8) is 0 Å². The van der Waals surface area contributed by atoms with Gasteiger partial charge in [0.2, 0.25) is 0 Å². The summed E-state index contributed by atoms with van der Waals surface area (Å²) in [6.45, 7) is 3.15. The maximum atomic E-state index is 9.89. The Morgan fingerprint density at radius 2 is 2.45 bits per heavy atom. The number of nitrogens with two attached hydrogens (primary N) is 1. The van der Waals surface area contributed by atoms with Crippen LogP contribution in [0.2, 0.25) is 0 Å². The van der Waals surface area contributed by atoms with Gasteiger partial charge < -0.3 is 15.6 Å². The zero-order valence-electron chi connectivity index (χ0n) is 7.05. The van der Waals surface area contributed by atoms with Gasteiger partial charge in [-0.15, -0.1) is 0 Å². The van der Waals surface area contributed by atoms with Crippen molar-refractivity contribution in [2.75, 3.05) is 13.2 Å². The second-order valence-electron chi connectivity index (χ2n) is 3.27. The summed E-state index contributed by atoms with van der Waals surface area (Å²) < 4.78 is 5.18. The van der Waals surface area contributed by atoms with Crippen LogP contribution in [0.25, 0.3) is 0 Å². The Labute approximate surface area is 67.5 Å². The first kappa shape index (κ1) is 8.97. The van der Waals surface area contributed by atoms with Crippen molar-refractivity contribution < 1.29 is 9.84 Å². The van der Waals surface area contributed by atoms with Gasteiger partial charge in [0, 0.05) is 12.6 Å². The van der Waals surface area contributed by atoms with Gasteiger partial charge >= 0.3 is 0 Å². The summed E-state index contributed by atoms with van der Waals surface area (Å²) in [7, 11) is 0. The molecule has 0 aromatic rings. The second-order valence-corrected chi connectivity index (χ2v) is 3.27. The van der Waals surface area contributed by atoms with E-state index in [9.17, 15) is 5.11 Å². The van der Waals surface area contributed by atoms with Crippen LogP contribution in [0.5, 0.6) is 0 Å². The molecule has 1 heterocycles. The molecule has 1 aliphatic rings. The zero-order chi connectivity index (χ0) is 8.32. The summed E-state index contributed by atoms with van der Waals surface area (Å²) in [4.78, 5) is 0. The Bertz CT molecular complexity index is 121. The standard InChI is InChI=1S/C8H17NO2/c1-2-7(9)8(10)4-3-5-11-6-8/h7,10H,2-6,9H2,1H3. The van der Waals surface area contributed by atoms with Crippen LogP contribution < -0.4 is 5.73 Å². The molecule has 2 unspecified atom stereocenters. The monoisotopic (exact) mass is 159 g/mol. The molecule has 0 aromatic carbocycles. The molecular weight excluding hydrogens is 142 g/mol. The quantitative estimate of drug-likeness (QED) is 0.608. The smallest absolute Gasteiger partial charge is 0.103 e. The van der Waals surface area contributed by atoms with E-state index in [0.717, 1.165) is 25.9 Å². The molecule has 0 aliphatic carbocycles. The molecule has 0 spiro atoms. The highest BCUT2D eigenvalue weighted by Gasteiger charge is 2.35. The van der Waals surface area contributed by atoms with E-state index in [2.05, 4.69) is 0 Å². The summed E-state index contributed by atoms with van der Waals surface area (Å²) in [6, 6.07) is -0.136. The summed E-state index contributed by atoms with van der Waals surface area (Å²) in [5.41, 5.74) is 5.00. The summed E-state index contributed by atoms with van der Waals surface area (Å²) in [5.74, 6) is 0. The van der Waals surface area contributed by atoms with Crippen LogP contribution in [-0.2, 0) is 4.74 Å². The van der Waals surface area contributed by atoms with Crippen molar-refractivity contribution in [2.24, 2.45) is 5.73 Å². The van der Waals surface area contributed by atoms with Crippen LogP contribution in [0.1, 0.15) is 26.2 Å². The zero-order valence-corrected chi connectivity index (χ0v) is 7.05. The van der Waals surface area contributed by atoms with Crippen molar-refractivity contribution in [3.05, 3.63) is 0 Å². The van der Waals surface area contributed by atoms with E-state index >= 15 is 0 Å². The number of hydrogen-bond donors (Lipinski definition) is 2. The Hall–Kier alpha value is -0.120. The van der Waals surface area contributed by atoms with Crippen LogP contribution in [0.15, 0.2) is 0 Å². The molecule has 3 heteroatoms. The van der Waals surface area contributed by atoms with E-state index in [1.54, 1.807) is 0 Å². The fourth-order valence-electron chi connectivity index (χ4n) is 1.47. The molecule has 11 heavy (non-hydrogen) atoms. The van der Waals surface area contributed by atoms with E-state index in [0.29, 0.717) is 6.61 Å². The Morgan fingerprint density at radius 3 is 2.91 bits per heavy atom. The highest BCUT2D eigenvalue weighted by Crippen LogP contribution is 2.22. The number of aliphatic hydroxyl groups is 1. The molecule has 1 aliphatic heterocycles. The number of ether oxygens (including phenoxy) is 1. The predicted molar refractivity (Wildman–Crippen MR) is 43.3 cm³/mol. The first-order chi connectivity index (χ1) is 5.19. The minimum atomic E-state index is -0.757. The van der Waals surface area contributed by atoms with E-state index in [1.165, 1.54) is 0 Å². The van der Waals surface area contributed by atoms with E-state index in [4.69, 9.17) is 10.5 Å². The second kappa shape index (κ2) is 3.52. The molecule has 0 aromatic heterocycles. The molecule has 1 rings (SSSR count). The first-order valence-corrected chi connectivity index (χ1v) is 4.25. The van der Waals surface area contributed by atoms with Crippen molar-refractivity contribution in [1.82, 2.24) is 0 Å². The average molecular weight is 159 g/mol. The highest BCUT2D eigenvalue weighted by atomic mass is 16.5. The number of hydrogen-bond acceptors (Lipinski definition) is 3. The minimum Gasteiger partial charge on any atom is -0.386 e. The van der Waals surface area contributed by atoms with Crippen LogP contribution in [-0.4, -0.2) is 30.0 Å². The lowest BCUT2D eigenvalue weighted by molar-refractivity contribution is -0.0996. The first-order valence-electron chi connectivity index (χ1n) is 4.25. The fourth-order valence-corrected chi connectivity index (χ4v) is 1.47. The molecule has 1 fully saturated rings. The van der Waals surface area contributed by atoms with Crippen LogP contribution in [0, 0.1) is 0 Å². The molecule has 0 amide bonds. The highest BCUT2D eigenvalue weighted by molar-refractivity contribution is 4.90. The Balaban J connectivity index is 2.49. The molecular formula is C8H17NO2. The Morgan fingerprint density at radius 1 is 1.73 bits per heavy atom. The molecule has 1 saturated heterocycles. The van der Waals surface area contributed by atoms with Gasteiger partial charge in [-0.3, -0.25) is 0 Å². The van der Waals surface area contributed by atoms with Crippen LogP contribution in [0.3, 0.4) is 0 Å². The van der Waals surface area contributed by atoms with E-state index < -0.39 is 5.60 Å². The van der Waals surface area contributed by atoms with E-state index in [1.807, 2.05) is 6.92 Å². The third-order valence-corrected chi connectivity index (χ3v) is 2.38. The minimum absolute atomic E-state index is 0.136. The maximum Gasteiger partial charge on any atom is 0.103 e. The van der Waals surface area contributed by atoms with Crippen LogP contribution >= 0.6 is 0 Å². The maximum absolute atomic E-state index is 9.89. The van der Waals surface area contributed by atoms with Gasteiger partial charge in [-0.05, 0) is 19.3 Å². The largest absolute Gasteiger partial charge is 0.386 e. The molecule has 66 valence electrons. The van der Waals surface area contributed by atoms with Crippen molar-refractivity contribution in [1.29, 1.82) is 0 Å². The molecule has 3 N–H and O–H groups in total. The van der Waals surface area contributed by atoms with Crippen molar-refractivity contribution in [3.8, 4) is 0 Å². The van der Waals surface area contributed by atoms with Gasteiger partial charge in [0.1, 0.15) is 5.60 Å². The SMILES string of the molecule is CCC(N)C1(O)CCCOC1. The summed E-state index contributed by atoms with van der Waals surface area (Å²) in [6.07, 6.45) is 2.51. The molecule has 0 saturated carbocycles. The van der Waals surface area contributed by atoms with Gasteiger partial charge in [-0.2, -0.15) is 0 Å². The van der Waals surface area contributed by atoms with E-state index in [-0.39, 0.29) is 6.04 Å². The van der Waals surface area contributed by atoms with Crippen LogP contribution in [0.4, 0.5) is 0 Å². The summed E-state index contributed by atoms with van der Waals surface area (Å²) >= 11 is 0. The number of rotatable bonds is 2. The molecule has 2 atom stereocenters. The molecule has 0 bridgehead atoms. The Kier molecular flexibility index (Phi) is 2.87. The fraction of sp³-hybridized carbons (Fsp3) is 1.00. The third-order valence-electron chi connectivity index (χ3n) is 2.38. The topological polar surface area (TPSA) is 55.5 Å². The van der Waals surface area contributed by atoms with Gasteiger partial charge in [0.15, 0.2) is 0 Å². The lowest BCUT2D eigenvalue weighted by Crippen LogP contribution is -2.53. The van der Waals surface area contributed by atoms with Gasteiger partial charge in [0.05, 0.1) is 6.61 Å². The third kappa shape index (κ3) is 1.92. The lowest BCUT2D eigenvalue weighted by Gasteiger charge is -2.36. The molecule has 0 radical (unpaired) electrons. The normalized spacial score (nSPS) is 35.2. The van der Waals surface area contributed by atoms with Gasteiger partial charge in [-0.25, -0.2) is 0 Å².